The largest absolute Gasteiger partial charge is 0.481 e. The van der Waals surface area contributed by atoms with Gasteiger partial charge in [-0.05, 0) is 18.2 Å². The van der Waals surface area contributed by atoms with Crippen LogP contribution in [0, 0.1) is 0 Å². The molecule has 0 saturated carbocycles. The van der Waals surface area contributed by atoms with Gasteiger partial charge in [-0.25, -0.2) is 9.78 Å². The molecule has 0 radical (unpaired) electrons. The van der Waals surface area contributed by atoms with E-state index in [1.807, 2.05) is 0 Å². The van der Waals surface area contributed by atoms with E-state index in [0.717, 1.165) is 5.56 Å². The highest BCUT2D eigenvalue weighted by molar-refractivity contribution is 5.86. The molecule has 0 atom stereocenters. The number of esters is 1. The average molecular weight is 233 g/mol. The standard InChI is InChI=1S/C12H11NO4/c1-15-11-5-4-9(7-13-11)8-17-12(14)10-3-2-6-16-10/h2-7H,8H2,1H3. The second-order valence-corrected chi connectivity index (χ2v) is 3.26. The minimum Gasteiger partial charge on any atom is -0.481 e. The van der Waals surface area contributed by atoms with Crippen LogP contribution in [0.2, 0.25) is 0 Å². The molecule has 2 aromatic heterocycles. The fourth-order valence-corrected chi connectivity index (χ4v) is 1.23. The van der Waals surface area contributed by atoms with E-state index in [0.29, 0.717) is 5.88 Å². The van der Waals surface area contributed by atoms with Gasteiger partial charge >= 0.3 is 5.97 Å². The molecular formula is C12H11NO4. The van der Waals surface area contributed by atoms with Crippen molar-refractivity contribution in [2.75, 3.05) is 7.11 Å². The molecule has 5 heteroatoms. The van der Waals surface area contributed by atoms with Gasteiger partial charge in [-0.2, -0.15) is 0 Å². The van der Waals surface area contributed by atoms with Crippen molar-refractivity contribution in [2.24, 2.45) is 0 Å². The molecule has 0 aliphatic rings. The Hall–Kier alpha value is -2.30. The molecule has 5 nitrogen and oxygen atoms in total. The van der Waals surface area contributed by atoms with Crippen molar-refractivity contribution in [3.05, 3.63) is 48.0 Å². The van der Waals surface area contributed by atoms with Gasteiger partial charge in [0.05, 0.1) is 13.4 Å². The summed E-state index contributed by atoms with van der Waals surface area (Å²) in [6, 6.07) is 6.66. The Kier molecular flexibility index (Phi) is 3.40. The Morgan fingerprint density at radius 2 is 2.29 bits per heavy atom. The van der Waals surface area contributed by atoms with Gasteiger partial charge in [0.25, 0.3) is 0 Å². The molecule has 2 heterocycles. The molecule has 0 saturated heterocycles. The predicted molar refractivity (Wildman–Crippen MR) is 58.6 cm³/mol. The number of carbonyl (C=O) groups excluding carboxylic acids is 1. The van der Waals surface area contributed by atoms with Crippen LogP contribution in [0.25, 0.3) is 0 Å². The number of nitrogens with zero attached hydrogens (tertiary/aromatic N) is 1. The quantitative estimate of drug-likeness (QED) is 0.756. The van der Waals surface area contributed by atoms with E-state index in [9.17, 15) is 4.79 Å². The highest BCUT2D eigenvalue weighted by Crippen LogP contribution is 2.09. The van der Waals surface area contributed by atoms with E-state index in [1.54, 1.807) is 37.6 Å². The van der Waals surface area contributed by atoms with Crippen molar-refractivity contribution in [3.63, 3.8) is 0 Å². The molecule has 0 amide bonds. The highest BCUT2D eigenvalue weighted by atomic mass is 16.5. The Morgan fingerprint density at radius 3 is 2.88 bits per heavy atom. The van der Waals surface area contributed by atoms with Crippen LogP contribution in [0.4, 0.5) is 0 Å². The first-order chi connectivity index (χ1) is 8.29. The second kappa shape index (κ2) is 5.16. The fourth-order valence-electron chi connectivity index (χ4n) is 1.23. The van der Waals surface area contributed by atoms with Crippen LogP contribution in [0.1, 0.15) is 16.1 Å². The first-order valence-corrected chi connectivity index (χ1v) is 4.99. The van der Waals surface area contributed by atoms with Gasteiger partial charge in [-0.1, -0.05) is 0 Å². The van der Waals surface area contributed by atoms with E-state index in [2.05, 4.69) is 4.98 Å². The highest BCUT2D eigenvalue weighted by Gasteiger charge is 2.09. The van der Waals surface area contributed by atoms with Gasteiger partial charge in [0, 0.05) is 17.8 Å². The van der Waals surface area contributed by atoms with Crippen LogP contribution in [0.3, 0.4) is 0 Å². The van der Waals surface area contributed by atoms with Crippen LogP contribution < -0.4 is 4.74 Å². The van der Waals surface area contributed by atoms with Gasteiger partial charge in [0.1, 0.15) is 6.61 Å². The molecule has 2 aromatic rings. The van der Waals surface area contributed by atoms with E-state index >= 15 is 0 Å². The average Bonchev–Trinajstić information content (AvgIpc) is 2.90. The molecule has 2 rings (SSSR count). The Labute approximate surface area is 98.0 Å². The molecule has 0 fully saturated rings. The Bertz CT molecular complexity index is 476. The molecule has 0 bridgehead atoms. The lowest BCUT2D eigenvalue weighted by Crippen LogP contribution is -2.04. The van der Waals surface area contributed by atoms with Crippen molar-refractivity contribution in [2.45, 2.75) is 6.61 Å². The SMILES string of the molecule is COc1ccc(COC(=O)c2ccco2)cn1. The Morgan fingerprint density at radius 1 is 1.41 bits per heavy atom. The molecule has 0 aliphatic heterocycles. The van der Waals surface area contributed by atoms with E-state index in [-0.39, 0.29) is 12.4 Å². The Balaban J connectivity index is 1.91. The molecule has 0 aromatic carbocycles. The van der Waals surface area contributed by atoms with Crippen LogP contribution in [0.15, 0.2) is 41.1 Å². The summed E-state index contributed by atoms with van der Waals surface area (Å²) in [5.41, 5.74) is 0.783. The maximum atomic E-state index is 11.4. The number of hydrogen-bond donors (Lipinski definition) is 0. The van der Waals surface area contributed by atoms with Gasteiger partial charge < -0.3 is 13.9 Å². The lowest BCUT2D eigenvalue weighted by atomic mass is 10.3. The molecule has 0 spiro atoms. The monoisotopic (exact) mass is 233 g/mol. The molecule has 0 N–H and O–H groups in total. The topological polar surface area (TPSA) is 61.6 Å². The zero-order valence-electron chi connectivity index (χ0n) is 9.25. The van der Waals surface area contributed by atoms with Crippen molar-refractivity contribution in [3.8, 4) is 5.88 Å². The number of aromatic nitrogens is 1. The minimum absolute atomic E-state index is 0.149. The molecule has 88 valence electrons. The number of furan rings is 1. The van der Waals surface area contributed by atoms with Crippen molar-refractivity contribution in [1.29, 1.82) is 0 Å². The van der Waals surface area contributed by atoms with E-state index in [4.69, 9.17) is 13.9 Å². The third-order valence-electron chi connectivity index (χ3n) is 2.10. The summed E-state index contributed by atoms with van der Waals surface area (Å²) < 4.78 is 14.9. The summed E-state index contributed by atoms with van der Waals surface area (Å²) in [6.07, 6.45) is 3.01. The van der Waals surface area contributed by atoms with Crippen molar-refractivity contribution >= 4 is 5.97 Å². The summed E-state index contributed by atoms with van der Waals surface area (Å²) >= 11 is 0. The lowest BCUT2D eigenvalue weighted by Gasteiger charge is -2.03. The summed E-state index contributed by atoms with van der Waals surface area (Å²) in [6.45, 7) is 0.149. The maximum absolute atomic E-state index is 11.4. The van der Waals surface area contributed by atoms with Crippen LogP contribution in [0.5, 0.6) is 5.88 Å². The smallest absolute Gasteiger partial charge is 0.374 e. The van der Waals surface area contributed by atoms with Crippen LogP contribution in [-0.2, 0) is 11.3 Å². The minimum atomic E-state index is -0.495. The zero-order chi connectivity index (χ0) is 12.1. The number of hydrogen-bond acceptors (Lipinski definition) is 5. The summed E-state index contributed by atoms with van der Waals surface area (Å²) in [5, 5.41) is 0. The number of pyridine rings is 1. The van der Waals surface area contributed by atoms with E-state index < -0.39 is 5.97 Å². The number of carbonyl (C=O) groups is 1. The van der Waals surface area contributed by atoms with Crippen molar-refractivity contribution in [1.82, 2.24) is 4.98 Å². The van der Waals surface area contributed by atoms with Crippen molar-refractivity contribution < 1.29 is 18.7 Å². The first-order valence-electron chi connectivity index (χ1n) is 4.99. The third-order valence-corrected chi connectivity index (χ3v) is 2.10. The zero-order valence-corrected chi connectivity index (χ0v) is 9.25. The fraction of sp³-hybridized carbons (Fsp3) is 0.167. The molecular weight excluding hydrogens is 222 g/mol. The number of methoxy groups -OCH3 is 1. The predicted octanol–water partition coefficient (Wildman–Crippen LogP) is 2.04. The first kappa shape index (κ1) is 11.2. The lowest BCUT2D eigenvalue weighted by molar-refractivity contribution is 0.0436. The number of rotatable bonds is 4. The second-order valence-electron chi connectivity index (χ2n) is 3.26. The summed E-state index contributed by atoms with van der Waals surface area (Å²) in [5.74, 6) is 0.211. The summed E-state index contributed by atoms with van der Waals surface area (Å²) in [7, 11) is 1.54. The summed E-state index contributed by atoms with van der Waals surface area (Å²) in [4.78, 5) is 15.4. The van der Waals surface area contributed by atoms with Gasteiger partial charge in [0.2, 0.25) is 11.6 Å². The van der Waals surface area contributed by atoms with Gasteiger partial charge in [-0.15, -0.1) is 0 Å². The maximum Gasteiger partial charge on any atom is 0.374 e. The number of ether oxygens (including phenoxy) is 2. The molecule has 0 aliphatic carbocycles. The van der Waals surface area contributed by atoms with Gasteiger partial charge in [-0.3, -0.25) is 0 Å². The normalized spacial score (nSPS) is 9.94. The molecule has 17 heavy (non-hydrogen) atoms. The van der Waals surface area contributed by atoms with Crippen LogP contribution in [-0.4, -0.2) is 18.1 Å². The molecule has 0 unspecified atom stereocenters. The third kappa shape index (κ3) is 2.84. The van der Waals surface area contributed by atoms with E-state index in [1.165, 1.54) is 6.26 Å². The van der Waals surface area contributed by atoms with Gasteiger partial charge in [0.15, 0.2) is 0 Å². The van der Waals surface area contributed by atoms with Crippen LogP contribution >= 0.6 is 0 Å².